The second-order valence-electron chi connectivity index (χ2n) is 7.21. The highest BCUT2D eigenvalue weighted by molar-refractivity contribution is 6.06. The van der Waals surface area contributed by atoms with E-state index >= 15 is 0 Å². The Morgan fingerprint density at radius 2 is 1.48 bits per heavy atom. The lowest BCUT2D eigenvalue weighted by Gasteiger charge is -2.18. The van der Waals surface area contributed by atoms with Gasteiger partial charge in [0.05, 0.1) is 0 Å². The van der Waals surface area contributed by atoms with Crippen molar-refractivity contribution in [3.63, 3.8) is 0 Å². The molecule has 3 aromatic rings. The first-order valence-corrected chi connectivity index (χ1v) is 8.50. The van der Waals surface area contributed by atoms with Crippen LogP contribution in [0.15, 0.2) is 79.1 Å². The zero-order valence-electron chi connectivity index (χ0n) is 14.9. The van der Waals surface area contributed by atoms with E-state index in [9.17, 15) is 4.79 Å². The van der Waals surface area contributed by atoms with Crippen molar-refractivity contribution in [2.75, 3.05) is 0 Å². The number of allylic oxidation sites excluding steroid dienone is 1. The molecule has 0 aliphatic carbocycles. The molecule has 0 N–H and O–H groups in total. The van der Waals surface area contributed by atoms with E-state index in [1.807, 2.05) is 59.4 Å². The lowest BCUT2D eigenvalue weighted by molar-refractivity contribution is 0.104. The van der Waals surface area contributed by atoms with Gasteiger partial charge in [0.25, 0.3) is 0 Å². The first kappa shape index (κ1) is 17.0. The van der Waals surface area contributed by atoms with Gasteiger partial charge in [0.1, 0.15) is 0 Å². The predicted octanol–water partition coefficient (Wildman–Crippen LogP) is 5.67. The van der Waals surface area contributed by atoms with E-state index in [2.05, 4.69) is 45.0 Å². The van der Waals surface area contributed by atoms with Crippen LogP contribution in [-0.4, -0.2) is 10.4 Å². The molecule has 2 heteroatoms. The SMILES string of the molecule is CC(C)(C)c1ccc(/C=C/C(=O)c2ccc(-n3cccc3)cc2)cc1. The van der Waals surface area contributed by atoms with E-state index < -0.39 is 0 Å². The lowest BCUT2D eigenvalue weighted by Crippen LogP contribution is -2.10. The number of carbonyl (C=O) groups excluding carboxylic acids is 1. The maximum atomic E-state index is 12.3. The summed E-state index contributed by atoms with van der Waals surface area (Å²) in [5.41, 5.74) is 4.20. The van der Waals surface area contributed by atoms with Crippen molar-refractivity contribution in [1.82, 2.24) is 4.57 Å². The zero-order valence-corrected chi connectivity index (χ0v) is 14.9. The normalized spacial score (nSPS) is 11.8. The fourth-order valence-corrected chi connectivity index (χ4v) is 2.67. The van der Waals surface area contributed by atoms with Gasteiger partial charge in [-0.2, -0.15) is 0 Å². The minimum atomic E-state index is 0.0129. The average Bonchev–Trinajstić information content (AvgIpc) is 3.14. The van der Waals surface area contributed by atoms with Gasteiger partial charge in [-0.3, -0.25) is 4.79 Å². The molecule has 1 aromatic heterocycles. The topological polar surface area (TPSA) is 22.0 Å². The minimum absolute atomic E-state index is 0.0129. The highest BCUT2D eigenvalue weighted by atomic mass is 16.1. The standard InChI is InChI=1S/C23H23NO/c1-23(2,3)20-11-6-18(7-12-20)8-15-22(25)19-9-13-21(14-10-19)24-16-4-5-17-24/h4-17H,1-3H3/b15-8+. The Labute approximate surface area is 149 Å². The highest BCUT2D eigenvalue weighted by Gasteiger charge is 2.12. The number of nitrogens with zero attached hydrogens (tertiary/aromatic N) is 1. The Morgan fingerprint density at radius 3 is 2.04 bits per heavy atom. The maximum absolute atomic E-state index is 12.3. The summed E-state index contributed by atoms with van der Waals surface area (Å²) in [7, 11) is 0. The summed E-state index contributed by atoms with van der Waals surface area (Å²) in [6.07, 6.45) is 7.47. The largest absolute Gasteiger partial charge is 0.324 e. The summed E-state index contributed by atoms with van der Waals surface area (Å²) in [6.45, 7) is 6.58. The van der Waals surface area contributed by atoms with Gasteiger partial charge in [0, 0.05) is 23.6 Å². The second-order valence-corrected chi connectivity index (χ2v) is 7.21. The molecule has 0 saturated carbocycles. The molecule has 0 spiro atoms. The first-order valence-electron chi connectivity index (χ1n) is 8.50. The molecule has 2 aromatic carbocycles. The van der Waals surface area contributed by atoms with Crippen LogP contribution in [0.1, 0.15) is 42.3 Å². The molecule has 3 rings (SSSR count). The van der Waals surface area contributed by atoms with E-state index in [1.54, 1.807) is 6.08 Å². The lowest BCUT2D eigenvalue weighted by atomic mass is 9.87. The van der Waals surface area contributed by atoms with E-state index in [1.165, 1.54) is 5.56 Å². The van der Waals surface area contributed by atoms with E-state index in [0.29, 0.717) is 5.56 Å². The van der Waals surface area contributed by atoms with Crippen LogP contribution < -0.4 is 0 Å². The van der Waals surface area contributed by atoms with Crippen molar-refractivity contribution >= 4 is 11.9 Å². The van der Waals surface area contributed by atoms with Crippen molar-refractivity contribution in [2.24, 2.45) is 0 Å². The third-order valence-electron chi connectivity index (χ3n) is 4.26. The van der Waals surface area contributed by atoms with E-state index in [-0.39, 0.29) is 11.2 Å². The molecule has 1 heterocycles. The Bertz CT molecular complexity index is 861. The molecule has 0 aliphatic rings. The molecule has 0 aliphatic heterocycles. The molecule has 0 bridgehead atoms. The molecule has 25 heavy (non-hydrogen) atoms. The van der Waals surface area contributed by atoms with Crippen LogP contribution in [0.4, 0.5) is 0 Å². The Hall–Kier alpha value is -2.87. The van der Waals surface area contributed by atoms with Gasteiger partial charge in [-0.1, -0.05) is 51.1 Å². The number of benzene rings is 2. The van der Waals surface area contributed by atoms with Crippen LogP contribution in [0.5, 0.6) is 0 Å². The summed E-state index contributed by atoms with van der Waals surface area (Å²) in [4.78, 5) is 12.3. The van der Waals surface area contributed by atoms with E-state index in [4.69, 9.17) is 0 Å². The van der Waals surface area contributed by atoms with Gasteiger partial charge >= 0.3 is 0 Å². The summed E-state index contributed by atoms with van der Waals surface area (Å²) < 4.78 is 2.01. The van der Waals surface area contributed by atoms with E-state index in [0.717, 1.165) is 11.3 Å². The molecule has 0 amide bonds. The molecular weight excluding hydrogens is 306 g/mol. The van der Waals surface area contributed by atoms with Crippen LogP contribution in [0, 0.1) is 0 Å². The van der Waals surface area contributed by atoms with Gasteiger partial charge in [0.2, 0.25) is 0 Å². The van der Waals surface area contributed by atoms with Crippen LogP contribution in [0.2, 0.25) is 0 Å². The predicted molar refractivity (Wildman–Crippen MR) is 104 cm³/mol. The summed E-state index contributed by atoms with van der Waals surface area (Å²) >= 11 is 0. The summed E-state index contributed by atoms with van der Waals surface area (Å²) in [5, 5.41) is 0. The molecule has 0 fully saturated rings. The highest BCUT2D eigenvalue weighted by Crippen LogP contribution is 2.22. The molecule has 0 unspecified atom stereocenters. The van der Waals surface area contributed by atoms with Crippen LogP contribution in [0.3, 0.4) is 0 Å². The summed E-state index contributed by atoms with van der Waals surface area (Å²) in [6, 6.07) is 20.0. The van der Waals surface area contributed by atoms with Gasteiger partial charge in [0.15, 0.2) is 5.78 Å². The van der Waals surface area contributed by atoms with Crippen LogP contribution >= 0.6 is 0 Å². The number of hydrogen-bond donors (Lipinski definition) is 0. The molecule has 0 radical (unpaired) electrons. The summed E-state index contributed by atoms with van der Waals surface area (Å²) in [5.74, 6) is 0.0129. The molecule has 2 nitrogen and oxygen atoms in total. The van der Waals surface area contributed by atoms with Crippen molar-refractivity contribution in [3.8, 4) is 5.69 Å². The number of ketones is 1. The second kappa shape index (κ2) is 6.94. The maximum Gasteiger partial charge on any atom is 0.185 e. The number of hydrogen-bond acceptors (Lipinski definition) is 1. The monoisotopic (exact) mass is 329 g/mol. The first-order chi connectivity index (χ1) is 11.9. The van der Waals surface area contributed by atoms with Gasteiger partial charge in [-0.25, -0.2) is 0 Å². The third kappa shape index (κ3) is 4.16. The fourth-order valence-electron chi connectivity index (χ4n) is 2.67. The fraction of sp³-hybridized carbons (Fsp3) is 0.174. The van der Waals surface area contributed by atoms with Crippen LogP contribution in [-0.2, 0) is 5.41 Å². The smallest absolute Gasteiger partial charge is 0.185 e. The average molecular weight is 329 g/mol. The number of rotatable bonds is 4. The zero-order chi connectivity index (χ0) is 17.9. The van der Waals surface area contributed by atoms with Crippen molar-refractivity contribution < 1.29 is 4.79 Å². The minimum Gasteiger partial charge on any atom is -0.324 e. The van der Waals surface area contributed by atoms with Crippen molar-refractivity contribution in [2.45, 2.75) is 26.2 Å². The van der Waals surface area contributed by atoms with Gasteiger partial charge in [-0.15, -0.1) is 0 Å². The van der Waals surface area contributed by atoms with Crippen molar-refractivity contribution in [3.05, 3.63) is 95.8 Å². The molecule has 0 saturated heterocycles. The Morgan fingerprint density at radius 1 is 0.880 bits per heavy atom. The molecule has 126 valence electrons. The quantitative estimate of drug-likeness (QED) is 0.446. The number of carbonyl (C=O) groups is 1. The van der Waals surface area contributed by atoms with Gasteiger partial charge < -0.3 is 4.57 Å². The van der Waals surface area contributed by atoms with Crippen LogP contribution in [0.25, 0.3) is 11.8 Å². The third-order valence-corrected chi connectivity index (χ3v) is 4.26. The molecule has 0 atom stereocenters. The Balaban J connectivity index is 1.70. The Kier molecular flexibility index (Phi) is 4.71. The number of aromatic nitrogens is 1. The van der Waals surface area contributed by atoms with Gasteiger partial charge in [-0.05, 0) is 59.0 Å². The molecular formula is C23H23NO. The van der Waals surface area contributed by atoms with Crippen molar-refractivity contribution in [1.29, 1.82) is 0 Å².